The summed E-state index contributed by atoms with van der Waals surface area (Å²) in [6.07, 6.45) is 0. The van der Waals surface area contributed by atoms with Gasteiger partial charge in [-0.3, -0.25) is 4.79 Å². The second-order valence-electron chi connectivity index (χ2n) is 8.47. The number of rotatable bonds is 8. The lowest BCUT2D eigenvalue weighted by Gasteiger charge is -2.23. The van der Waals surface area contributed by atoms with Crippen LogP contribution in [0.4, 0.5) is 5.69 Å². The highest BCUT2D eigenvalue weighted by molar-refractivity contribution is 6.04. The van der Waals surface area contributed by atoms with Crippen LogP contribution in [0, 0.1) is 0 Å². The van der Waals surface area contributed by atoms with Gasteiger partial charge in [0.05, 0.1) is 13.7 Å². The molecular weight excluding hydrogens is 402 g/mol. The largest absolute Gasteiger partial charge is 0.496 e. The van der Waals surface area contributed by atoms with Crippen LogP contribution in [0.5, 0.6) is 17.2 Å². The van der Waals surface area contributed by atoms with Crippen molar-refractivity contribution in [2.75, 3.05) is 19.0 Å². The van der Waals surface area contributed by atoms with Gasteiger partial charge in [0.25, 0.3) is 5.91 Å². The van der Waals surface area contributed by atoms with Crippen molar-refractivity contribution in [3.63, 3.8) is 0 Å². The van der Waals surface area contributed by atoms with Crippen molar-refractivity contribution in [2.45, 2.75) is 39.7 Å². The number of anilines is 1. The molecule has 3 rings (SSSR count). The lowest BCUT2D eigenvalue weighted by atomic mass is 9.86. The number of para-hydroxylation sites is 1. The van der Waals surface area contributed by atoms with E-state index in [-0.39, 0.29) is 11.3 Å². The maximum absolute atomic E-state index is 12.8. The van der Waals surface area contributed by atoms with Crippen molar-refractivity contribution in [2.24, 2.45) is 0 Å². The topological polar surface area (TPSA) is 56.8 Å². The van der Waals surface area contributed by atoms with Gasteiger partial charge < -0.3 is 19.5 Å². The van der Waals surface area contributed by atoms with E-state index in [9.17, 15) is 4.79 Å². The van der Waals surface area contributed by atoms with Gasteiger partial charge in [0, 0.05) is 16.8 Å². The molecule has 0 bridgehead atoms. The minimum atomic E-state index is -0.201. The average molecular weight is 434 g/mol. The van der Waals surface area contributed by atoms with E-state index < -0.39 is 0 Å². The van der Waals surface area contributed by atoms with Crippen LogP contribution in [0.15, 0.2) is 66.7 Å². The summed E-state index contributed by atoms with van der Waals surface area (Å²) in [5, 5.41) is 2.92. The molecule has 3 aromatic carbocycles. The van der Waals surface area contributed by atoms with Crippen molar-refractivity contribution in [3.8, 4) is 17.2 Å². The van der Waals surface area contributed by atoms with Gasteiger partial charge in [-0.25, -0.2) is 0 Å². The van der Waals surface area contributed by atoms with Crippen LogP contribution >= 0.6 is 0 Å². The van der Waals surface area contributed by atoms with Crippen molar-refractivity contribution >= 4 is 11.6 Å². The first-order valence-corrected chi connectivity index (χ1v) is 10.7. The molecule has 0 spiro atoms. The molecule has 0 radical (unpaired) electrons. The second kappa shape index (κ2) is 10.2. The Kier molecular flexibility index (Phi) is 7.41. The van der Waals surface area contributed by atoms with Crippen LogP contribution in [0.3, 0.4) is 0 Å². The van der Waals surface area contributed by atoms with Gasteiger partial charge in [-0.1, -0.05) is 39.0 Å². The fourth-order valence-electron chi connectivity index (χ4n) is 3.40. The monoisotopic (exact) mass is 433 g/mol. The first-order valence-electron chi connectivity index (χ1n) is 10.7. The Morgan fingerprint density at radius 1 is 0.906 bits per heavy atom. The molecule has 0 saturated heterocycles. The summed E-state index contributed by atoms with van der Waals surface area (Å²) in [6, 6.07) is 20.7. The molecule has 5 nitrogen and oxygen atoms in total. The van der Waals surface area contributed by atoms with Gasteiger partial charge in [-0.2, -0.15) is 0 Å². The molecule has 0 aliphatic rings. The van der Waals surface area contributed by atoms with Crippen molar-refractivity contribution < 1.29 is 19.0 Å². The Bertz CT molecular complexity index is 1050. The second-order valence-corrected chi connectivity index (χ2v) is 8.47. The van der Waals surface area contributed by atoms with E-state index in [0.717, 1.165) is 22.6 Å². The van der Waals surface area contributed by atoms with E-state index in [1.807, 2.05) is 55.5 Å². The smallest absolute Gasteiger partial charge is 0.255 e. The fraction of sp³-hybridized carbons (Fsp3) is 0.296. The molecule has 3 aromatic rings. The van der Waals surface area contributed by atoms with Gasteiger partial charge >= 0.3 is 0 Å². The average Bonchev–Trinajstić information content (AvgIpc) is 2.78. The SMILES string of the molecule is CCOc1ccc(NC(=O)c2ccc(OC)c(COc3ccccc3C(C)(C)C)c2)cc1. The Morgan fingerprint density at radius 2 is 1.62 bits per heavy atom. The molecule has 0 saturated carbocycles. The highest BCUT2D eigenvalue weighted by atomic mass is 16.5. The number of nitrogens with one attached hydrogen (secondary N) is 1. The van der Waals surface area contributed by atoms with Crippen molar-refractivity contribution in [1.29, 1.82) is 0 Å². The minimum absolute atomic E-state index is 0.0415. The molecule has 0 aliphatic carbocycles. The zero-order valence-corrected chi connectivity index (χ0v) is 19.4. The summed E-state index contributed by atoms with van der Waals surface area (Å²) < 4.78 is 17.1. The first-order chi connectivity index (χ1) is 15.3. The van der Waals surface area contributed by atoms with Crippen LogP contribution < -0.4 is 19.5 Å². The zero-order chi connectivity index (χ0) is 23.1. The quantitative estimate of drug-likeness (QED) is 0.458. The third-order valence-electron chi connectivity index (χ3n) is 5.04. The third-order valence-corrected chi connectivity index (χ3v) is 5.04. The maximum atomic E-state index is 12.8. The number of hydrogen-bond donors (Lipinski definition) is 1. The van der Waals surface area contributed by atoms with Gasteiger partial charge in [0.2, 0.25) is 0 Å². The lowest BCUT2D eigenvalue weighted by molar-refractivity contribution is 0.102. The zero-order valence-electron chi connectivity index (χ0n) is 19.4. The predicted molar refractivity (Wildman–Crippen MR) is 128 cm³/mol. The van der Waals surface area contributed by atoms with E-state index in [1.165, 1.54) is 0 Å². The molecule has 0 heterocycles. The molecule has 0 aliphatic heterocycles. The predicted octanol–water partition coefficient (Wildman–Crippen LogP) is 6.22. The third kappa shape index (κ3) is 5.82. The molecule has 1 amide bonds. The highest BCUT2D eigenvalue weighted by Gasteiger charge is 2.19. The van der Waals surface area contributed by atoms with Crippen LogP contribution in [0.25, 0.3) is 0 Å². The van der Waals surface area contributed by atoms with E-state index in [0.29, 0.717) is 30.2 Å². The van der Waals surface area contributed by atoms with E-state index >= 15 is 0 Å². The summed E-state index contributed by atoms with van der Waals surface area (Å²) in [6.45, 7) is 9.29. The number of ether oxygens (including phenoxy) is 3. The van der Waals surface area contributed by atoms with Crippen LogP contribution in [-0.4, -0.2) is 19.6 Å². The Hall–Kier alpha value is -3.47. The van der Waals surface area contributed by atoms with Gasteiger partial charge in [-0.15, -0.1) is 0 Å². The number of methoxy groups -OCH3 is 1. The molecule has 0 fully saturated rings. The Morgan fingerprint density at radius 3 is 2.28 bits per heavy atom. The van der Waals surface area contributed by atoms with E-state index in [1.54, 1.807) is 19.2 Å². The van der Waals surface area contributed by atoms with E-state index in [2.05, 4.69) is 32.2 Å². The molecule has 168 valence electrons. The first kappa shape index (κ1) is 23.2. The van der Waals surface area contributed by atoms with Gasteiger partial charge in [0.15, 0.2) is 0 Å². The fourth-order valence-corrected chi connectivity index (χ4v) is 3.40. The lowest BCUT2D eigenvalue weighted by Crippen LogP contribution is -2.14. The molecule has 0 aromatic heterocycles. The minimum Gasteiger partial charge on any atom is -0.496 e. The molecule has 5 heteroatoms. The summed E-state index contributed by atoms with van der Waals surface area (Å²) in [4.78, 5) is 12.8. The van der Waals surface area contributed by atoms with Gasteiger partial charge in [-0.05, 0) is 66.4 Å². The van der Waals surface area contributed by atoms with E-state index in [4.69, 9.17) is 14.2 Å². The van der Waals surface area contributed by atoms with Crippen LogP contribution in [0.1, 0.15) is 49.2 Å². The number of amides is 1. The normalized spacial score (nSPS) is 11.0. The summed E-state index contributed by atoms with van der Waals surface area (Å²) in [5.74, 6) is 2.07. The number of carbonyl (C=O) groups excluding carboxylic acids is 1. The molecule has 1 N–H and O–H groups in total. The highest BCUT2D eigenvalue weighted by Crippen LogP contribution is 2.32. The van der Waals surface area contributed by atoms with Crippen molar-refractivity contribution in [1.82, 2.24) is 0 Å². The van der Waals surface area contributed by atoms with Gasteiger partial charge in [0.1, 0.15) is 23.9 Å². The van der Waals surface area contributed by atoms with Crippen LogP contribution in [-0.2, 0) is 12.0 Å². The Labute approximate surface area is 190 Å². The summed E-state index contributed by atoms with van der Waals surface area (Å²) in [7, 11) is 1.61. The number of hydrogen-bond acceptors (Lipinski definition) is 4. The summed E-state index contributed by atoms with van der Waals surface area (Å²) in [5.41, 5.74) is 3.12. The Balaban J connectivity index is 1.76. The van der Waals surface area contributed by atoms with Crippen molar-refractivity contribution in [3.05, 3.63) is 83.4 Å². The number of carbonyl (C=O) groups is 1. The molecule has 0 unspecified atom stereocenters. The standard InChI is InChI=1S/C27H31NO4/c1-6-31-22-14-12-21(13-15-22)28-26(29)19-11-16-24(30-5)20(17-19)18-32-25-10-8-7-9-23(25)27(2,3)4/h7-17H,6,18H2,1-5H3,(H,28,29). The summed E-state index contributed by atoms with van der Waals surface area (Å²) >= 11 is 0. The molecular formula is C27H31NO4. The number of benzene rings is 3. The maximum Gasteiger partial charge on any atom is 0.255 e. The van der Waals surface area contributed by atoms with Crippen LogP contribution in [0.2, 0.25) is 0 Å². The molecule has 32 heavy (non-hydrogen) atoms. The molecule has 0 atom stereocenters.